The quantitative estimate of drug-likeness (QED) is 0.935. The smallest absolute Gasteiger partial charge is 0.345 e. The maximum Gasteiger partial charge on any atom is 0.345 e. The van der Waals surface area contributed by atoms with E-state index in [1.165, 1.54) is 6.07 Å². The zero-order chi connectivity index (χ0) is 15.5. The average molecular weight is 333 g/mol. The Morgan fingerprint density at radius 2 is 1.82 bits per heavy atom. The van der Waals surface area contributed by atoms with Crippen LogP contribution in [0.3, 0.4) is 0 Å². The minimum atomic E-state index is -0.988. The average Bonchev–Trinajstić information content (AvgIpc) is 3.05. The number of amides is 1. The summed E-state index contributed by atoms with van der Waals surface area (Å²) >= 11 is 2.88. The highest BCUT2D eigenvalue weighted by atomic mass is 32.2. The van der Waals surface area contributed by atoms with Gasteiger partial charge in [0.05, 0.1) is 10.9 Å². The molecule has 0 aliphatic carbocycles. The Morgan fingerprint density at radius 1 is 1.09 bits per heavy atom. The van der Waals surface area contributed by atoms with Crippen molar-refractivity contribution in [2.24, 2.45) is 0 Å². The van der Waals surface area contributed by atoms with E-state index in [9.17, 15) is 9.59 Å². The Balaban J connectivity index is 1.86. The van der Waals surface area contributed by atoms with Crippen LogP contribution in [0, 0.1) is 0 Å². The van der Waals surface area contributed by atoms with Gasteiger partial charge in [-0.2, -0.15) is 11.8 Å². The number of benzene rings is 1. The predicted molar refractivity (Wildman–Crippen MR) is 88.8 cm³/mol. The van der Waals surface area contributed by atoms with E-state index >= 15 is 0 Å². The van der Waals surface area contributed by atoms with Crippen LogP contribution in [0.5, 0.6) is 0 Å². The zero-order valence-electron chi connectivity index (χ0n) is 11.8. The minimum absolute atomic E-state index is 0.0443. The Morgan fingerprint density at radius 3 is 2.50 bits per heavy atom. The van der Waals surface area contributed by atoms with Crippen LogP contribution in [0.4, 0.5) is 0 Å². The molecule has 1 aliphatic heterocycles. The third kappa shape index (κ3) is 3.03. The van der Waals surface area contributed by atoms with Crippen molar-refractivity contribution in [3.8, 4) is 0 Å². The Kier molecular flexibility index (Phi) is 4.49. The van der Waals surface area contributed by atoms with E-state index in [-0.39, 0.29) is 16.8 Å². The molecule has 1 aliphatic rings. The van der Waals surface area contributed by atoms with Crippen LogP contribution in [-0.2, 0) is 0 Å². The molecule has 22 heavy (non-hydrogen) atoms. The highest BCUT2D eigenvalue weighted by Crippen LogP contribution is 2.31. The summed E-state index contributed by atoms with van der Waals surface area (Å²) in [4.78, 5) is 26.3. The van der Waals surface area contributed by atoms with Gasteiger partial charge >= 0.3 is 5.97 Å². The van der Waals surface area contributed by atoms with E-state index in [0.717, 1.165) is 28.4 Å². The second-order valence-electron chi connectivity index (χ2n) is 4.97. The normalized spacial score (nSPS) is 18.2. The Hall–Kier alpha value is -1.79. The molecule has 1 N–H and O–H groups in total. The SMILES string of the molecule is O=C(O)c1ccc(C(=O)N2CCSCC2c2ccccc2)s1. The molecule has 1 aromatic carbocycles. The summed E-state index contributed by atoms with van der Waals surface area (Å²) in [5.41, 5.74) is 1.12. The summed E-state index contributed by atoms with van der Waals surface area (Å²) in [6, 6.07) is 13.1. The van der Waals surface area contributed by atoms with Gasteiger partial charge in [0.2, 0.25) is 0 Å². The number of carbonyl (C=O) groups excluding carboxylic acids is 1. The van der Waals surface area contributed by atoms with Gasteiger partial charge in [-0.1, -0.05) is 30.3 Å². The van der Waals surface area contributed by atoms with Gasteiger partial charge in [-0.05, 0) is 17.7 Å². The summed E-state index contributed by atoms with van der Waals surface area (Å²) in [7, 11) is 0. The molecule has 6 heteroatoms. The van der Waals surface area contributed by atoms with Crippen molar-refractivity contribution in [2.75, 3.05) is 18.1 Å². The minimum Gasteiger partial charge on any atom is -0.477 e. The monoisotopic (exact) mass is 333 g/mol. The first-order valence-corrected chi connectivity index (χ1v) is 8.90. The van der Waals surface area contributed by atoms with Crippen molar-refractivity contribution in [3.05, 3.63) is 57.8 Å². The van der Waals surface area contributed by atoms with Gasteiger partial charge in [0.15, 0.2) is 0 Å². The fraction of sp³-hybridized carbons (Fsp3) is 0.250. The molecule has 114 valence electrons. The Bertz CT molecular complexity index is 684. The van der Waals surface area contributed by atoms with Gasteiger partial charge in [-0.3, -0.25) is 4.79 Å². The van der Waals surface area contributed by atoms with E-state index in [1.807, 2.05) is 47.0 Å². The van der Waals surface area contributed by atoms with Gasteiger partial charge in [-0.25, -0.2) is 4.79 Å². The van der Waals surface area contributed by atoms with Crippen molar-refractivity contribution < 1.29 is 14.7 Å². The number of carboxylic acids is 1. The van der Waals surface area contributed by atoms with Gasteiger partial charge in [-0.15, -0.1) is 11.3 Å². The fourth-order valence-corrected chi connectivity index (χ4v) is 4.40. The molecule has 0 saturated carbocycles. The first kappa shape index (κ1) is 15.1. The van der Waals surface area contributed by atoms with Gasteiger partial charge in [0, 0.05) is 18.1 Å². The summed E-state index contributed by atoms with van der Waals surface area (Å²) < 4.78 is 0. The van der Waals surface area contributed by atoms with Crippen LogP contribution < -0.4 is 0 Å². The molecule has 1 saturated heterocycles. The molecule has 1 fully saturated rings. The number of nitrogens with zero attached hydrogens (tertiary/aromatic N) is 1. The van der Waals surface area contributed by atoms with E-state index < -0.39 is 5.97 Å². The van der Waals surface area contributed by atoms with Crippen LogP contribution in [-0.4, -0.2) is 39.9 Å². The third-order valence-electron chi connectivity index (χ3n) is 3.60. The number of hydrogen-bond donors (Lipinski definition) is 1. The molecule has 1 amide bonds. The lowest BCUT2D eigenvalue weighted by Crippen LogP contribution is -2.40. The van der Waals surface area contributed by atoms with Gasteiger partial charge < -0.3 is 10.0 Å². The van der Waals surface area contributed by atoms with Gasteiger partial charge in [0.1, 0.15) is 4.88 Å². The molecule has 0 spiro atoms. The molecule has 1 atom stereocenters. The molecule has 0 bridgehead atoms. The highest BCUT2D eigenvalue weighted by Gasteiger charge is 2.30. The lowest BCUT2D eigenvalue weighted by atomic mass is 10.1. The number of aromatic carboxylic acids is 1. The number of rotatable bonds is 3. The van der Waals surface area contributed by atoms with E-state index in [1.54, 1.807) is 6.07 Å². The van der Waals surface area contributed by atoms with Crippen molar-refractivity contribution in [3.63, 3.8) is 0 Å². The maximum absolute atomic E-state index is 12.8. The van der Waals surface area contributed by atoms with E-state index in [0.29, 0.717) is 11.4 Å². The van der Waals surface area contributed by atoms with Crippen LogP contribution in [0.1, 0.15) is 30.9 Å². The van der Waals surface area contributed by atoms with Crippen LogP contribution in [0.25, 0.3) is 0 Å². The Labute approximate surface area is 136 Å². The summed E-state index contributed by atoms with van der Waals surface area (Å²) in [6.45, 7) is 0.684. The standard InChI is InChI=1S/C16H15NO3S2/c18-15(13-6-7-14(22-13)16(19)20)17-8-9-21-10-12(17)11-4-2-1-3-5-11/h1-7,12H,8-10H2,(H,19,20). The topological polar surface area (TPSA) is 57.6 Å². The van der Waals surface area contributed by atoms with Crippen LogP contribution >= 0.6 is 23.1 Å². The molecule has 1 aromatic heterocycles. The van der Waals surface area contributed by atoms with Crippen LogP contribution in [0.2, 0.25) is 0 Å². The lowest BCUT2D eigenvalue weighted by Gasteiger charge is -2.35. The number of carbonyl (C=O) groups is 2. The highest BCUT2D eigenvalue weighted by molar-refractivity contribution is 7.99. The second-order valence-corrected chi connectivity index (χ2v) is 7.20. The molecule has 0 radical (unpaired) electrons. The van der Waals surface area contributed by atoms with Crippen LogP contribution in [0.15, 0.2) is 42.5 Å². The first-order valence-electron chi connectivity index (χ1n) is 6.93. The number of carboxylic acid groups (broad SMARTS) is 1. The lowest BCUT2D eigenvalue weighted by molar-refractivity contribution is 0.0696. The number of thioether (sulfide) groups is 1. The molecular weight excluding hydrogens is 318 g/mol. The van der Waals surface area contributed by atoms with Crippen molar-refractivity contribution in [1.29, 1.82) is 0 Å². The van der Waals surface area contributed by atoms with Gasteiger partial charge in [0.25, 0.3) is 5.91 Å². The molecule has 2 heterocycles. The summed E-state index contributed by atoms with van der Waals surface area (Å²) in [5.74, 6) is 0.712. The predicted octanol–water partition coefficient (Wildman–Crippen LogP) is 3.38. The van der Waals surface area contributed by atoms with Crippen molar-refractivity contribution in [2.45, 2.75) is 6.04 Å². The molecular formula is C16H15NO3S2. The van der Waals surface area contributed by atoms with Crippen molar-refractivity contribution in [1.82, 2.24) is 4.90 Å². The molecule has 2 aromatic rings. The second kappa shape index (κ2) is 6.54. The number of hydrogen-bond acceptors (Lipinski definition) is 4. The number of thiophene rings is 1. The van der Waals surface area contributed by atoms with Crippen molar-refractivity contribution >= 4 is 35.0 Å². The zero-order valence-corrected chi connectivity index (χ0v) is 13.4. The maximum atomic E-state index is 12.8. The van der Waals surface area contributed by atoms with E-state index in [2.05, 4.69) is 0 Å². The largest absolute Gasteiger partial charge is 0.477 e. The molecule has 4 nitrogen and oxygen atoms in total. The van der Waals surface area contributed by atoms with E-state index in [4.69, 9.17) is 5.11 Å². The molecule has 3 rings (SSSR count). The fourth-order valence-electron chi connectivity index (χ4n) is 2.51. The summed E-state index contributed by atoms with van der Waals surface area (Å²) in [5, 5.41) is 9.00. The third-order valence-corrected chi connectivity index (χ3v) is 5.69. The summed E-state index contributed by atoms with van der Waals surface area (Å²) in [6.07, 6.45) is 0. The molecule has 1 unspecified atom stereocenters. The first-order chi connectivity index (χ1) is 10.7.